The summed E-state index contributed by atoms with van der Waals surface area (Å²) in [5.41, 5.74) is 6.97. The number of carbonyl (C=O) groups excluding carboxylic acids is 1. The summed E-state index contributed by atoms with van der Waals surface area (Å²) in [7, 11) is 0. The number of hydrogen-bond acceptors (Lipinski definition) is 4. The molecule has 1 aromatic carbocycles. The van der Waals surface area contributed by atoms with Crippen LogP contribution in [0.3, 0.4) is 0 Å². The second-order valence-corrected chi connectivity index (χ2v) is 7.81. The van der Waals surface area contributed by atoms with E-state index in [2.05, 4.69) is 5.32 Å². The molecule has 3 N–H and O–H groups in total. The van der Waals surface area contributed by atoms with Gasteiger partial charge in [-0.3, -0.25) is 4.79 Å². The first-order chi connectivity index (χ1) is 12.6. The molecule has 1 aromatic rings. The zero-order chi connectivity index (χ0) is 18.5. The van der Waals surface area contributed by atoms with Crippen LogP contribution in [-0.2, 0) is 9.53 Å². The van der Waals surface area contributed by atoms with Crippen molar-refractivity contribution in [3.8, 4) is 5.75 Å². The smallest absolute Gasteiger partial charge is 0.227 e. The number of ether oxygens (including phenoxy) is 2. The van der Waals surface area contributed by atoms with E-state index in [-0.39, 0.29) is 17.9 Å². The van der Waals surface area contributed by atoms with Gasteiger partial charge in [-0.25, -0.2) is 0 Å². The molecule has 1 amide bonds. The maximum absolute atomic E-state index is 12.9. The Morgan fingerprint density at radius 3 is 2.69 bits per heavy atom. The molecule has 5 nitrogen and oxygen atoms in total. The quantitative estimate of drug-likeness (QED) is 0.704. The molecule has 2 unspecified atom stereocenters. The second-order valence-electron chi connectivity index (χ2n) is 7.37. The first-order valence-corrected chi connectivity index (χ1v) is 10.0. The molecule has 144 valence electrons. The Labute approximate surface area is 160 Å². The number of amides is 1. The predicted molar refractivity (Wildman–Crippen MR) is 104 cm³/mol. The number of benzene rings is 1. The van der Waals surface area contributed by atoms with Crippen LogP contribution in [0.15, 0.2) is 18.2 Å². The third kappa shape index (κ3) is 4.70. The number of rotatable bonds is 7. The van der Waals surface area contributed by atoms with Crippen molar-refractivity contribution in [3.63, 3.8) is 0 Å². The fourth-order valence-corrected chi connectivity index (χ4v) is 4.49. The molecule has 0 saturated heterocycles. The lowest BCUT2D eigenvalue weighted by Crippen LogP contribution is -2.48. The Bertz CT molecular complexity index is 611. The van der Waals surface area contributed by atoms with E-state index in [0.29, 0.717) is 48.1 Å². The fourth-order valence-electron chi connectivity index (χ4n) is 4.32. The van der Waals surface area contributed by atoms with Gasteiger partial charge in [0.15, 0.2) is 0 Å². The molecule has 2 fully saturated rings. The highest BCUT2D eigenvalue weighted by Crippen LogP contribution is 2.42. The summed E-state index contributed by atoms with van der Waals surface area (Å²) >= 11 is 6.12. The zero-order valence-corrected chi connectivity index (χ0v) is 16.1. The molecule has 0 spiro atoms. The number of fused-ring (bicyclic) bond motifs is 2. The molecule has 2 atom stereocenters. The molecule has 3 rings (SSSR count). The third-order valence-corrected chi connectivity index (χ3v) is 5.91. The summed E-state index contributed by atoms with van der Waals surface area (Å²) in [6, 6.07) is 5.55. The van der Waals surface area contributed by atoms with E-state index in [1.165, 1.54) is 6.42 Å². The highest BCUT2D eigenvalue weighted by molar-refractivity contribution is 6.31. The lowest BCUT2D eigenvalue weighted by atomic mass is 9.65. The monoisotopic (exact) mass is 380 g/mol. The van der Waals surface area contributed by atoms with Crippen LogP contribution in [0.1, 0.15) is 39.0 Å². The molecule has 0 aliphatic heterocycles. The van der Waals surface area contributed by atoms with E-state index in [1.54, 1.807) is 18.2 Å². The van der Waals surface area contributed by atoms with Crippen LogP contribution in [0.25, 0.3) is 0 Å². The van der Waals surface area contributed by atoms with Crippen LogP contribution >= 0.6 is 11.6 Å². The standard InChI is InChI=1S/C20H29ClN2O3/c1-2-25-8-9-26-18-7-6-16(21)12-17(18)23-20(24)15-10-13-4-3-5-14(11-15)19(13)22/h6-7,12-15,19H,2-5,8-11,22H2,1H3,(H,23,24). The van der Waals surface area contributed by atoms with Gasteiger partial charge in [0.1, 0.15) is 12.4 Å². The summed E-state index contributed by atoms with van der Waals surface area (Å²) in [6.07, 6.45) is 5.29. The van der Waals surface area contributed by atoms with E-state index in [0.717, 1.165) is 25.7 Å². The van der Waals surface area contributed by atoms with Crippen LogP contribution in [0.2, 0.25) is 5.02 Å². The number of carbonyl (C=O) groups is 1. The maximum Gasteiger partial charge on any atom is 0.227 e. The number of halogens is 1. The molecule has 0 aromatic heterocycles. The third-order valence-electron chi connectivity index (χ3n) is 5.67. The van der Waals surface area contributed by atoms with Crippen molar-refractivity contribution in [1.29, 1.82) is 0 Å². The largest absolute Gasteiger partial charge is 0.489 e. The minimum absolute atomic E-state index is 0.0142. The minimum Gasteiger partial charge on any atom is -0.489 e. The van der Waals surface area contributed by atoms with E-state index >= 15 is 0 Å². The Morgan fingerprint density at radius 2 is 2.00 bits per heavy atom. The van der Waals surface area contributed by atoms with Crippen LogP contribution in [0.4, 0.5) is 5.69 Å². The molecule has 2 aliphatic carbocycles. The van der Waals surface area contributed by atoms with Crippen molar-refractivity contribution in [2.24, 2.45) is 23.5 Å². The Balaban J connectivity index is 1.64. The molecule has 6 heteroatoms. The summed E-state index contributed by atoms with van der Waals surface area (Å²) in [5.74, 6) is 1.63. The molecule has 2 aliphatic rings. The van der Waals surface area contributed by atoms with Crippen LogP contribution < -0.4 is 15.8 Å². The Kier molecular flexibility index (Phi) is 6.79. The zero-order valence-electron chi connectivity index (χ0n) is 15.4. The van der Waals surface area contributed by atoms with Gasteiger partial charge in [0.2, 0.25) is 5.91 Å². The van der Waals surface area contributed by atoms with Gasteiger partial charge < -0.3 is 20.5 Å². The van der Waals surface area contributed by atoms with Gasteiger partial charge in [-0.05, 0) is 62.6 Å². The molecular weight excluding hydrogens is 352 g/mol. The van der Waals surface area contributed by atoms with Crippen molar-refractivity contribution in [2.45, 2.75) is 45.1 Å². The second kappa shape index (κ2) is 9.07. The maximum atomic E-state index is 12.9. The predicted octanol–water partition coefficient (Wildman–Crippen LogP) is 3.85. The lowest BCUT2D eigenvalue weighted by Gasteiger charge is -2.43. The van der Waals surface area contributed by atoms with Gasteiger partial charge in [0, 0.05) is 23.6 Å². The topological polar surface area (TPSA) is 73.6 Å². The molecule has 0 radical (unpaired) electrons. The minimum atomic E-state index is 0.0142. The number of nitrogens with two attached hydrogens (primary N) is 1. The first kappa shape index (κ1) is 19.5. The van der Waals surface area contributed by atoms with Crippen molar-refractivity contribution in [1.82, 2.24) is 0 Å². The van der Waals surface area contributed by atoms with Crippen LogP contribution in [0, 0.1) is 17.8 Å². The van der Waals surface area contributed by atoms with Crippen LogP contribution in [-0.4, -0.2) is 31.8 Å². The SMILES string of the molecule is CCOCCOc1ccc(Cl)cc1NC(=O)C1CC2CCCC(C1)C2N. The Hall–Kier alpha value is -1.30. The summed E-state index contributed by atoms with van der Waals surface area (Å²) in [6.45, 7) is 3.54. The molecule has 2 bridgehead atoms. The number of hydrogen-bond donors (Lipinski definition) is 2. The Morgan fingerprint density at radius 1 is 1.27 bits per heavy atom. The molecular formula is C20H29ClN2O3. The average molecular weight is 381 g/mol. The lowest BCUT2D eigenvalue weighted by molar-refractivity contribution is -0.122. The van der Waals surface area contributed by atoms with E-state index in [4.69, 9.17) is 26.8 Å². The molecule has 26 heavy (non-hydrogen) atoms. The highest BCUT2D eigenvalue weighted by atomic mass is 35.5. The van der Waals surface area contributed by atoms with E-state index in [1.807, 2.05) is 6.92 Å². The summed E-state index contributed by atoms with van der Waals surface area (Å²) in [4.78, 5) is 12.9. The van der Waals surface area contributed by atoms with Crippen molar-refractivity contribution < 1.29 is 14.3 Å². The fraction of sp³-hybridized carbons (Fsp3) is 0.650. The summed E-state index contributed by atoms with van der Waals surface area (Å²) in [5, 5.41) is 3.61. The van der Waals surface area contributed by atoms with Gasteiger partial charge in [0.25, 0.3) is 0 Å². The van der Waals surface area contributed by atoms with Gasteiger partial charge in [-0.2, -0.15) is 0 Å². The molecule has 0 heterocycles. The highest BCUT2D eigenvalue weighted by Gasteiger charge is 2.40. The van der Waals surface area contributed by atoms with Gasteiger partial charge in [-0.15, -0.1) is 0 Å². The molecule has 2 saturated carbocycles. The van der Waals surface area contributed by atoms with Gasteiger partial charge >= 0.3 is 0 Å². The van der Waals surface area contributed by atoms with Crippen molar-refractivity contribution in [3.05, 3.63) is 23.2 Å². The number of anilines is 1. The first-order valence-electron chi connectivity index (χ1n) is 9.65. The summed E-state index contributed by atoms with van der Waals surface area (Å²) < 4.78 is 11.1. The van der Waals surface area contributed by atoms with Crippen molar-refractivity contribution >= 4 is 23.2 Å². The normalized spacial score (nSPS) is 27.8. The van der Waals surface area contributed by atoms with Crippen molar-refractivity contribution in [2.75, 3.05) is 25.1 Å². The van der Waals surface area contributed by atoms with E-state index < -0.39 is 0 Å². The van der Waals surface area contributed by atoms with Crippen LogP contribution in [0.5, 0.6) is 5.75 Å². The average Bonchev–Trinajstić information content (AvgIpc) is 2.60. The van der Waals surface area contributed by atoms with Gasteiger partial charge in [0.05, 0.1) is 12.3 Å². The van der Waals surface area contributed by atoms with E-state index in [9.17, 15) is 4.79 Å². The number of nitrogens with one attached hydrogen (secondary N) is 1. The van der Waals surface area contributed by atoms with Gasteiger partial charge in [-0.1, -0.05) is 18.0 Å².